The Morgan fingerprint density at radius 2 is 2.10 bits per heavy atom. The lowest BCUT2D eigenvalue weighted by atomic mass is 10.1. The molecule has 0 aliphatic heterocycles. The van der Waals surface area contributed by atoms with Gasteiger partial charge >= 0.3 is 0 Å². The maximum Gasteiger partial charge on any atom is 0.257 e. The van der Waals surface area contributed by atoms with Crippen LogP contribution in [-0.2, 0) is 4.79 Å². The molecule has 0 saturated carbocycles. The van der Waals surface area contributed by atoms with Gasteiger partial charge in [-0.2, -0.15) is 0 Å². The second-order valence-corrected chi connectivity index (χ2v) is 4.44. The number of benzene rings is 1. The molecule has 6 nitrogen and oxygen atoms in total. The third-order valence-electron chi connectivity index (χ3n) is 2.78. The highest BCUT2D eigenvalue weighted by Crippen LogP contribution is 2.26. The Morgan fingerprint density at radius 1 is 1.40 bits per heavy atom. The fraction of sp³-hybridized carbons (Fsp3) is 0.429. The van der Waals surface area contributed by atoms with Gasteiger partial charge < -0.3 is 20.7 Å². The second kappa shape index (κ2) is 7.37. The summed E-state index contributed by atoms with van der Waals surface area (Å²) in [7, 11) is 3.02. The molecule has 0 fully saturated rings. The average Bonchev–Trinajstić information content (AvgIpc) is 2.43. The molecule has 0 unspecified atom stereocenters. The summed E-state index contributed by atoms with van der Waals surface area (Å²) in [5.41, 5.74) is 6.50. The average molecular weight is 279 g/mol. The van der Waals surface area contributed by atoms with E-state index in [-0.39, 0.29) is 18.4 Å². The molecule has 0 spiro atoms. The number of carbonyl (C=O) groups is 2. The number of para-hydroxylation sites is 1. The first kappa shape index (κ1) is 15.8. The topological polar surface area (TPSA) is 84.7 Å². The Labute approximate surface area is 118 Å². The number of nitrogens with zero attached hydrogens (tertiary/aromatic N) is 1. The van der Waals surface area contributed by atoms with E-state index in [0.717, 1.165) is 6.42 Å². The molecule has 0 saturated heterocycles. The minimum atomic E-state index is -0.305. The van der Waals surface area contributed by atoms with Gasteiger partial charge in [0, 0.05) is 13.6 Å². The van der Waals surface area contributed by atoms with Gasteiger partial charge in [-0.1, -0.05) is 13.0 Å². The fourth-order valence-corrected chi connectivity index (χ4v) is 1.76. The molecule has 20 heavy (non-hydrogen) atoms. The maximum atomic E-state index is 12.3. The first-order valence-electron chi connectivity index (χ1n) is 6.45. The Kier molecular flexibility index (Phi) is 5.83. The monoisotopic (exact) mass is 279 g/mol. The Hall–Kier alpha value is -2.24. The van der Waals surface area contributed by atoms with Gasteiger partial charge in [-0.05, 0) is 18.6 Å². The number of nitrogen functional groups attached to an aromatic ring is 1. The molecule has 1 rings (SSSR count). The third kappa shape index (κ3) is 3.88. The summed E-state index contributed by atoms with van der Waals surface area (Å²) in [6, 6.07) is 4.96. The predicted molar refractivity (Wildman–Crippen MR) is 77.7 cm³/mol. The lowest BCUT2D eigenvalue weighted by Gasteiger charge is -2.18. The van der Waals surface area contributed by atoms with Crippen molar-refractivity contribution in [2.75, 3.05) is 33.0 Å². The second-order valence-electron chi connectivity index (χ2n) is 4.44. The summed E-state index contributed by atoms with van der Waals surface area (Å²) in [5, 5.41) is 2.72. The van der Waals surface area contributed by atoms with Gasteiger partial charge in [0.05, 0.1) is 24.9 Å². The van der Waals surface area contributed by atoms with Gasteiger partial charge in [0.1, 0.15) is 0 Å². The molecule has 1 aromatic carbocycles. The number of carbonyl (C=O) groups excluding carboxylic acids is 2. The molecular weight excluding hydrogens is 258 g/mol. The van der Waals surface area contributed by atoms with E-state index < -0.39 is 0 Å². The van der Waals surface area contributed by atoms with Crippen LogP contribution in [0.5, 0.6) is 5.75 Å². The molecule has 1 aromatic rings. The van der Waals surface area contributed by atoms with E-state index in [9.17, 15) is 9.59 Å². The number of amides is 2. The minimum absolute atomic E-state index is 0.00319. The molecule has 0 bridgehead atoms. The van der Waals surface area contributed by atoms with Crippen molar-refractivity contribution in [3.63, 3.8) is 0 Å². The van der Waals surface area contributed by atoms with E-state index in [2.05, 4.69) is 5.32 Å². The molecule has 0 radical (unpaired) electrons. The van der Waals surface area contributed by atoms with E-state index in [1.165, 1.54) is 12.0 Å². The van der Waals surface area contributed by atoms with Crippen LogP contribution in [0.3, 0.4) is 0 Å². The van der Waals surface area contributed by atoms with Crippen LogP contribution in [0, 0.1) is 0 Å². The van der Waals surface area contributed by atoms with Crippen molar-refractivity contribution in [1.82, 2.24) is 10.2 Å². The molecule has 110 valence electrons. The normalized spacial score (nSPS) is 9.95. The van der Waals surface area contributed by atoms with Crippen LogP contribution >= 0.6 is 0 Å². The standard InChI is InChI=1S/C14H21N3O3/c1-4-8-16-12(18)9-17(2)14(19)10-6-5-7-11(15)13(10)20-3/h5-7H,4,8-9,15H2,1-3H3,(H,16,18). The molecule has 3 N–H and O–H groups in total. The Balaban J connectivity index is 2.79. The van der Waals surface area contributed by atoms with Crippen molar-refractivity contribution in [2.24, 2.45) is 0 Å². The first-order chi connectivity index (χ1) is 9.51. The van der Waals surface area contributed by atoms with Crippen LogP contribution in [0.15, 0.2) is 18.2 Å². The maximum absolute atomic E-state index is 12.3. The largest absolute Gasteiger partial charge is 0.494 e. The van der Waals surface area contributed by atoms with Crippen molar-refractivity contribution in [1.29, 1.82) is 0 Å². The number of likely N-dealkylation sites (N-methyl/N-ethyl adjacent to an activating group) is 1. The molecule has 2 amide bonds. The van der Waals surface area contributed by atoms with Gasteiger partial charge in [-0.25, -0.2) is 0 Å². The van der Waals surface area contributed by atoms with Crippen molar-refractivity contribution in [2.45, 2.75) is 13.3 Å². The van der Waals surface area contributed by atoms with Crippen LogP contribution < -0.4 is 15.8 Å². The molecule has 0 aromatic heterocycles. The van der Waals surface area contributed by atoms with Crippen LogP contribution in [0.2, 0.25) is 0 Å². The zero-order valence-corrected chi connectivity index (χ0v) is 12.1. The Bertz CT molecular complexity index is 489. The smallest absolute Gasteiger partial charge is 0.257 e. The molecule has 6 heteroatoms. The molecule has 0 aliphatic carbocycles. The van der Waals surface area contributed by atoms with Gasteiger partial charge in [-0.3, -0.25) is 9.59 Å². The fourth-order valence-electron chi connectivity index (χ4n) is 1.76. The summed E-state index contributed by atoms with van der Waals surface area (Å²) in [5.74, 6) is -0.162. The van der Waals surface area contributed by atoms with Crippen molar-refractivity contribution in [3.05, 3.63) is 23.8 Å². The van der Waals surface area contributed by atoms with Crippen molar-refractivity contribution in [3.8, 4) is 5.75 Å². The number of anilines is 1. The quantitative estimate of drug-likeness (QED) is 0.757. The SMILES string of the molecule is CCCNC(=O)CN(C)C(=O)c1cccc(N)c1OC. The molecule has 0 atom stereocenters. The number of hydrogen-bond acceptors (Lipinski definition) is 4. The van der Waals surface area contributed by atoms with Gasteiger partial charge in [0.15, 0.2) is 5.75 Å². The summed E-state index contributed by atoms with van der Waals surface area (Å²) < 4.78 is 5.14. The number of nitrogens with two attached hydrogens (primary N) is 1. The minimum Gasteiger partial charge on any atom is -0.494 e. The predicted octanol–water partition coefficient (Wildman–Crippen LogP) is 0.876. The highest BCUT2D eigenvalue weighted by atomic mass is 16.5. The molecular formula is C14H21N3O3. The van der Waals surface area contributed by atoms with Crippen LogP contribution in [0.25, 0.3) is 0 Å². The van der Waals surface area contributed by atoms with Gasteiger partial charge in [0.2, 0.25) is 5.91 Å². The number of methoxy groups -OCH3 is 1. The number of hydrogen-bond donors (Lipinski definition) is 2. The first-order valence-corrected chi connectivity index (χ1v) is 6.45. The van der Waals surface area contributed by atoms with E-state index in [4.69, 9.17) is 10.5 Å². The summed E-state index contributed by atoms with van der Waals surface area (Å²) in [4.78, 5) is 25.2. The highest BCUT2D eigenvalue weighted by Gasteiger charge is 2.19. The number of rotatable bonds is 6. The van der Waals surface area contributed by atoms with E-state index in [1.807, 2.05) is 6.92 Å². The molecule has 0 heterocycles. The number of ether oxygens (including phenoxy) is 1. The summed E-state index contributed by atoms with van der Waals surface area (Å²) >= 11 is 0. The molecule has 0 aliphatic rings. The zero-order chi connectivity index (χ0) is 15.1. The van der Waals surface area contributed by atoms with Crippen molar-refractivity contribution >= 4 is 17.5 Å². The summed E-state index contributed by atoms with van der Waals surface area (Å²) in [6.07, 6.45) is 0.854. The van der Waals surface area contributed by atoms with Crippen LogP contribution in [0.1, 0.15) is 23.7 Å². The summed E-state index contributed by atoms with van der Waals surface area (Å²) in [6.45, 7) is 2.56. The number of nitrogens with one attached hydrogen (secondary N) is 1. The Morgan fingerprint density at radius 3 is 2.70 bits per heavy atom. The van der Waals surface area contributed by atoms with Gasteiger partial charge in [0.25, 0.3) is 5.91 Å². The van der Waals surface area contributed by atoms with Crippen LogP contribution in [-0.4, -0.2) is 44.0 Å². The lowest BCUT2D eigenvalue weighted by Crippen LogP contribution is -2.38. The van der Waals surface area contributed by atoms with E-state index >= 15 is 0 Å². The third-order valence-corrected chi connectivity index (χ3v) is 2.78. The van der Waals surface area contributed by atoms with Crippen molar-refractivity contribution < 1.29 is 14.3 Å². The lowest BCUT2D eigenvalue weighted by molar-refractivity contribution is -0.121. The van der Waals surface area contributed by atoms with E-state index in [1.54, 1.807) is 25.2 Å². The van der Waals surface area contributed by atoms with E-state index in [0.29, 0.717) is 23.5 Å². The van der Waals surface area contributed by atoms with Gasteiger partial charge in [-0.15, -0.1) is 0 Å². The van der Waals surface area contributed by atoms with Crippen LogP contribution in [0.4, 0.5) is 5.69 Å². The highest BCUT2D eigenvalue weighted by molar-refractivity contribution is 6.00. The zero-order valence-electron chi connectivity index (χ0n) is 12.1.